The molecule has 96 valence electrons. The molecule has 0 spiro atoms. The van der Waals surface area contributed by atoms with Crippen molar-refractivity contribution in [3.8, 4) is 0 Å². The minimum Gasteiger partial charge on any atom is -0.467 e. The molecule has 0 saturated carbocycles. The number of hydrogen-bond donors (Lipinski definition) is 1. The quantitative estimate of drug-likeness (QED) is 0.822. The minimum absolute atomic E-state index is 0.0872. The second-order valence-corrected chi connectivity index (χ2v) is 6.24. The van der Waals surface area contributed by atoms with Gasteiger partial charge in [0.25, 0.3) is 0 Å². The zero-order valence-electron chi connectivity index (χ0n) is 10.0. The maximum absolute atomic E-state index is 11.1. The predicted octanol–water partition coefficient (Wildman–Crippen LogP) is 2.81. The van der Waals surface area contributed by atoms with E-state index in [2.05, 4.69) is 15.5 Å². The molecule has 2 heterocycles. The summed E-state index contributed by atoms with van der Waals surface area (Å²) in [4.78, 5) is 11.1. The summed E-state index contributed by atoms with van der Waals surface area (Å²) >= 11 is 2.86. The number of anilines is 1. The van der Waals surface area contributed by atoms with E-state index in [9.17, 15) is 4.79 Å². The summed E-state index contributed by atoms with van der Waals surface area (Å²) in [6.45, 7) is 4.02. The van der Waals surface area contributed by atoms with E-state index in [1.54, 1.807) is 13.2 Å². The summed E-state index contributed by atoms with van der Waals surface area (Å²) in [5, 5.41) is 11.8. The van der Waals surface area contributed by atoms with Gasteiger partial charge in [0.1, 0.15) is 11.5 Å². The summed E-state index contributed by atoms with van der Waals surface area (Å²) in [6.07, 6.45) is 1.63. The van der Waals surface area contributed by atoms with Crippen LogP contribution in [0.2, 0.25) is 0 Å². The van der Waals surface area contributed by atoms with Gasteiger partial charge in [0.2, 0.25) is 5.13 Å². The van der Waals surface area contributed by atoms with Crippen LogP contribution in [0.25, 0.3) is 0 Å². The maximum Gasteiger partial charge on any atom is 0.206 e. The fourth-order valence-electron chi connectivity index (χ4n) is 1.14. The van der Waals surface area contributed by atoms with E-state index in [0.29, 0.717) is 6.54 Å². The van der Waals surface area contributed by atoms with Crippen molar-refractivity contribution in [1.29, 1.82) is 0 Å². The number of Topliss-reactive ketones (excluding diaryl/α,β-unsaturated/α-hetero) is 1. The Balaban J connectivity index is 1.88. The molecule has 0 radical (unpaired) electrons. The standard InChI is InChI=1S/C11H13N3O2S2/c1-7(15)8(2)17-11-14-13-10(18-11)12-6-9-4-3-5-16-9/h3-5,8H,6H2,1-2H3,(H,12,13)/t8-/m1/s1. The average molecular weight is 283 g/mol. The zero-order chi connectivity index (χ0) is 13.0. The summed E-state index contributed by atoms with van der Waals surface area (Å²) in [6, 6.07) is 3.73. The van der Waals surface area contributed by atoms with Gasteiger partial charge in [-0.2, -0.15) is 0 Å². The SMILES string of the molecule is CC(=O)[C@@H](C)Sc1nnc(NCc2ccco2)s1. The number of aromatic nitrogens is 2. The molecule has 0 aliphatic heterocycles. The van der Waals surface area contributed by atoms with Crippen LogP contribution in [0.1, 0.15) is 19.6 Å². The highest BCUT2D eigenvalue weighted by molar-refractivity contribution is 8.02. The Kier molecular flexibility index (Phi) is 4.38. The van der Waals surface area contributed by atoms with Crippen LogP contribution in [0.5, 0.6) is 0 Å². The van der Waals surface area contributed by atoms with E-state index < -0.39 is 0 Å². The zero-order valence-corrected chi connectivity index (χ0v) is 11.7. The number of hydrogen-bond acceptors (Lipinski definition) is 7. The van der Waals surface area contributed by atoms with Gasteiger partial charge in [0.05, 0.1) is 18.1 Å². The first-order valence-electron chi connectivity index (χ1n) is 5.42. The van der Waals surface area contributed by atoms with Gasteiger partial charge < -0.3 is 9.73 Å². The van der Waals surface area contributed by atoms with Crippen LogP contribution in [0.15, 0.2) is 27.2 Å². The highest BCUT2D eigenvalue weighted by Crippen LogP contribution is 2.29. The van der Waals surface area contributed by atoms with Crippen LogP contribution >= 0.6 is 23.1 Å². The van der Waals surface area contributed by atoms with E-state index in [0.717, 1.165) is 15.2 Å². The first kappa shape index (κ1) is 13.1. The first-order chi connectivity index (χ1) is 8.65. The third-order valence-electron chi connectivity index (χ3n) is 2.25. The van der Waals surface area contributed by atoms with Gasteiger partial charge in [-0.25, -0.2) is 0 Å². The minimum atomic E-state index is -0.0872. The van der Waals surface area contributed by atoms with Crippen molar-refractivity contribution < 1.29 is 9.21 Å². The Morgan fingerprint density at radius 1 is 1.61 bits per heavy atom. The van der Waals surface area contributed by atoms with Crippen LogP contribution in [-0.2, 0) is 11.3 Å². The topological polar surface area (TPSA) is 68.0 Å². The molecule has 1 N–H and O–H groups in total. The second kappa shape index (κ2) is 6.01. The number of thioether (sulfide) groups is 1. The maximum atomic E-state index is 11.1. The van der Waals surface area contributed by atoms with Gasteiger partial charge in [-0.05, 0) is 26.0 Å². The van der Waals surface area contributed by atoms with Gasteiger partial charge in [-0.1, -0.05) is 23.1 Å². The molecule has 0 aliphatic rings. The van der Waals surface area contributed by atoms with Crippen molar-refractivity contribution in [3.05, 3.63) is 24.2 Å². The van der Waals surface area contributed by atoms with Gasteiger partial charge in [-0.3, -0.25) is 4.79 Å². The molecule has 18 heavy (non-hydrogen) atoms. The lowest BCUT2D eigenvalue weighted by molar-refractivity contribution is -0.116. The molecule has 0 aromatic carbocycles. The largest absolute Gasteiger partial charge is 0.467 e. The van der Waals surface area contributed by atoms with E-state index in [4.69, 9.17) is 4.42 Å². The monoisotopic (exact) mass is 283 g/mol. The Labute approximate surface area is 113 Å². The average Bonchev–Trinajstić information content (AvgIpc) is 2.96. The first-order valence-corrected chi connectivity index (χ1v) is 7.11. The summed E-state index contributed by atoms with van der Waals surface area (Å²) in [5.74, 6) is 0.983. The van der Waals surface area contributed by atoms with E-state index in [-0.39, 0.29) is 11.0 Å². The number of carbonyl (C=O) groups is 1. The Morgan fingerprint density at radius 2 is 2.44 bits per heavy atom. The Hall–Kier alpha value is -1.34. The molecule has 7 heteroatoms. The lowest BCUT2D eigenvalue weighted by Gasteiger charge is -2.01. The Morgan fingerprint density at radius 3 is 3.11 bits per heavy atom. The smallest absolute Gasteiger partial charge is 0.206 e. The van der Waals surface area contributed by atoms with Crippen LogP contribution in [0.3, 0.4) is 0 Å². The molecule has 2 aromatic rings. The summed E-state index contributed by atoms with van der Waals surface area (Å²) in [7, 11) is 0. The number of rotatable bonds is 6. The van der Waals surface area contributed by atoms with Crippen molar-refractivity contribution in [2.45, 2.75) is 30.0 Å². The van der Waals surface area contributed by atoms with E-state index in [1.165, 1.54) is 23.1 Å². The lowest BCUT2D eigenvalue weighted by atomic mass is 10.3. The molecule has 0 bridgehead atoms. The number of nitrogens with zero attached hydrogens (tertiary/aromatic N) is 2. The van der Waals surface area contributed by atoms with Crippen molar-refractivity contribution in [3.63, 3.8) is 0 Å². The van der Waals surface area contributed by atoms with Gasteiger partial charge in [0, 0.05) is 0 Å². The molecule has 2 aromatic heterocycles. The molecular weight excluding hydrogens is 270 g/mol. The van der Waals surface area contributed by atoms with Crippen LogP contribution in [0, 0.1) is 0 Å². The summed E-state index contributed by atoms with van der Waals surface area (Å²) in [5.41, 5.74) is 0. The molecular formula is C11H13N3O2S2. The number of carbonyl (C=O) groups excluding carboxylic acids is 1. The fourth-order valence-corrected chi connectivity index (χ4v) is 3.03. The van der Waals surface area contributed by atoms with E-state index >= 15 is 0 Å². The molecule has 0 fully saturated rings. The molecule has 5 nitrogen and oxygen atoms in total. The molecule has 0 unspecified atom stereocenters. The van der Waals surface area contributed by atoms with Gasteiger partial charge >= 0.3 is 0 Å². The predicted molar refractivity (Wildman–Crippen MR) is 71.9 cm³/mol. The molecule has 0 aliphatic carbocycles. The summed E-state index contributed by atoms with van der Waals surface area (Å²) < 4.78 is 5.99. The van der Waals surface area contributed by atoms with Crippen LogP contribution < -0.4 is 5.32 Å². The van der Waals surface area contributed by atoms with Gasteiger partial charge in [-0.15, -0.1) is 10.2 Å². The third kappa shape index (κ3) is 3.58. The van der Waals surface area contributed by atoms with Crippen LogP contribution in [0.4, 0.5) is 5.13 Å². The number of ketones is 1. The van der Waals surface area contributed by atoms with Crippen molar-refractivity contribution in [2.24, 2.45) is 0 Å². The third-order valence-corrected chi connectivity index (χ3v) is 4.43. The normalized spacial score (nSPS) is 12.3. The lowest BCUT2D eigenvalue weighted by Crippen LogP contribution is -2.07. The fraction of sp³-hybridized carbons (Fsp3) is 0.364. The van der Waals surface area contributed by atoms with Gasteiger partial charge in [0.15, 0.2) is 4.34 Å². The number of nitrogens with one attached hydrogen (secondary N) is 1. The number of furan rings is 1. The van der Waals surface area contributed by atoms with E-state index in [1.807, 2.05) is 19.1 Å². The second-order valence-electron chi connectivity index (χ2n) is 3.68. The van der Waals surface area contributed by atoms with Crippen molar-refractivity contribution >= 4 is 34.0 Å². The van der Waals surface area contributed by atoms with Crippen molar-refractivity contribution in [1.82, 2.24) is 10.2 Å². The molecule has 1 atom stereocenters. The molecule has 0 saturated heterocycles. The Bertz CT molecular complexity index is 510. The van der Waals surface area contributed by atoms with Crippen LogP contribution in [-0.4, -0.2) is 21.2 Å². The highest BCUT2D eigenvalue weighted by atomic mass is 32.2. The van der Waals surface area contributed by atoms with Crippen molar-refractivity contribution in [2.75, 3.05) is 5.32 Å². The molecule has 0 amide bonds. The highest BCUT2D eigenvalue weighted by Gasteiger charge is 2.13. The molecule has 2 rings (SSSR count).